The number of nitrogens with zero attached hydrogens (tertiary/aromatic N) is 1. The molecule has 20 heavy (non-hydrogen) atoms. The minimum atomic E-state index is -0.783. The molecular formula is C13H17ClFN3O2. The van der Waals surface area contributed by atoms with Crippen LogP contribution in [0.5, 0.6) is 0 Å². The van der Waals surface area contributed by atoms with Gasteiger partial charge in [-0.25, -0.2) is 4.39 Å². The number of piperidine rings is 1. The number of halogens is 2. The molecule has 0 spiro atoms. The molecule has 0 bridgehead atoms. The quantitative estimate of drug-likeness (QED) is 0.662. The van der Waals surface area contributed by atoms with Crippen molar-refractivity contribution in [2.45, 2.75) is 19.8 Å². The highest BCUT2D eigenvalue weighted by Crippen LogP contribution is 2.32. The van der Waals surface area contributed by atoms with Crippen molar-refractivity contribution >= 4 is 23.0 Å². The molecule has 0 saturated carbocycles. The Hall–Kier alpha value is -1.40. The summed E-state index contributed by atoms with van der Waals surface area (Å²) < 4.78 is 13.3. The van der Waals surface area contributed by atoms with Crippen LogP contribution in [-0.4, -0.2) is 24.6 Å². The van der Waals surface area contributed by atoms with Gasteiger partial charge in [0, 0.05) is 13.1 Å². The van der Waals surface area contributed by atoms with Crippen molar-refractivity contribution in [3.05, 3.63) is 33.1 Å². The van der Waals surface area contributed by atoms with E-state index in [1.54, 1.807) is 0 Å². The normalized spacial score (nSPS) is 22.6. The molecule has 1 fully saturated rings. The van der Waals surface area contributed by atoms with Gasteiger partial charge in [-0.05, 0) is 30.9 Å². The van der Waals surface area contributed by atoms with Gasteiger partial charge in [-0.15, -0.1) is 0 Å². The lowest BCUT2D eigenvalue weighted by molar-refractivity contribution is -0.384. The Morgan fingerprint density at radius 1 is 1.60 bits per heavy atom. The smallest absolute Gasteiger partial charge is 0.295 e. The average molecular weight is 302 g/mol. The van der Waals surface area contributed by atoms with Crippen molar-refractivity contribution in [1.82, 2.24) is 5.32 Å². The van der Waals surface area contributed by atoms with Gasteiger partial charge in [-0.3, -0.25) is 10.1 Å². The van der Waals surface area contributed by atoms with E-state index in [-0.39, 0.29) is 21.8 Å². The summed E-state index contributed by atoms with van der Waals surface area (Å²) in [5.41, 5.74) is -0.0139. The predicted octanol–water partition coefficient (Wildman–Crippen LogP) is 3.19. The van der Waals surface area contributed by atoms with Crippen LogP contribution in [0.4, 0.5) is 15.8 Å². The maximum absolute atomic E-state index is 13.3. The minimum Gasteiger partial charge on any atom is -0.379 e. The van der Waals surface area contributed by atoms with E-state index < -0.39 is 10.7 Å². The lowest BCUT2D eigenvalue weighted by atomic mass is 9.83. The highest BCUT2D eigenvalue weighted by Gasteiger charge is 2.27. The first kappa shape index (κ1) is 15.0. The number of benzene rings is 1. The molecule has 110 valence electrons. The van der Waals surface area contributed by atoms with Gasteiger partial charge >= 0.3 is 0 Å². The standard InChI is InChI=1S/C13H17ClFN3O2/c1-13(3-2-4-16-7-13)8-17-11-5-9(14)10(15)6-12(11)18(19)20/h5-6,16-17H,2-4,7-8H2,1H3. The van der Waals surface area contributed by atoms with Crippen molar-refractivity contribution in [2.75, 3.05) is 25.0 Å². The van der Waals surface area contributed by atoms with Crippen LogP contribution in [0.1, 0.15) is 19.8 Å². The Bertz CT molecular complexity index is 519. The van der Waals surface area contributed by atoms with Crippen LogP contribution in [0.3, 0.4) is 0 Å². The van der Waals surface area contributed by atoms with Crippen molar-refractivity contribution in [2.24, 2.45) is 5.41 Å². The fraction of sp³-hybridized carbons (Fsp3) is 0.538. The van der Waals surface area contributed by atoms with Crippen molar-refractivity contribution in [3.63, 3.8) is 0 Å². The highest BCUT2D eigenvalue weighted by molar-refractivity contribution is 6.31. The molecule has 1 saturated heterocycles. The van der Waals surface area contributed by atoms with Gasteiger partial charge in [0.25, 0.3) is 5.69 Å². The first-order valence-corrected chi connectivity index (χ1v) is 6.87. The summed E-state index contributed by atoms with van der Waals surface area (Å²) in [7, 11) is 0. The molecule has 1 aromatic rings. The molecule has 0 radical (unpaired) electrons. The molecule has 1 unspecified atom stereocenters. The maximum atomic E-state index is 13.3. The van der Waals surface area contributed by atoms with Gasteiger partial charge in [0.2, 0.25) is 0 Å². The van der Waals surface area contributed by atoms with Crippen LogP contribution in [0.15, 0.2) is 12.1 Å². The van der Waals surface area contributed by atoms with Crippen LogP contribution >= 0.6 is 11.6 Å². The van der Waals surface area contributed by atoms with E-state index in [1.807, 2.05) is 0 Å². The Kier molecular flexibility index (Phi) is 4.45. The van der Waals surface area contributed by atoms with Crippen molar-refractivity contribution < 1.29 is 9.31 Å². The lowest BCUT2D eigenvalue weighted by Gasteiger charge is -2.34. The van der Waals surface area contributed by atoms with Gasteiger partial charge in [-0.1, -0.05) is 18.5 Å². The van der Waals surface area contributed by atoms with Crippen molar-refractivity contribution in [1.29, 1.82) is 0 Å². The van der Waals surface area contributed by atoms with Crippen molar-refractivity contribution in [3.8, 4) is 0 Å². The molecule has 2 N–H and O–H groups in total. The first-order valence-electron chi connectivity index (χ1n) is 6.49. The van der Waals surface area contributed by atoms with Crippen LogP contribution in [0, 0.1) is 21.3 Å². The second-order valence-electron chi connectivity index (χ2n) is 5.49. The summed E-state index contributed by atoms with van der Waals surface area (Å²) in [6.45, 7) is 4.53. The zero-order chi connectivity index (χ0) is 14.8. The molecule has 0 aromatic heterocycles. The fourth-order valence-corrected chi connectivity index (χ4v) is 2.57. The number of hydrogen-bond donors (Lipinski definition) is 2. The lowest BCUT2D eigenvalue weighted by Crippen LogP contribution is -2.42. The Morgan fingerprint density at radius 3 is 2.95 bits per heavy atom. The zero-order valence-electron chi connectivity index (χ0n) is 11.2. The predicted molar refractivity (Wildman–Crippen MR) is 76.8 cm³/mol. The fourth-order valence-electron chi connectivity index (χ4n) is 2.41. The van der Waals surface area contributed by atoms with E-state index in [9.17, 15) is 14.5 Å². The van der Waals surface area contributed by atoms with Crippen LogP contribution in [0.25, 0.3) is 0 Å². The Morgan fingerprint density at radius 2 is 2.35 bits per heavy atom. The minimum absolute atomic E-state index is 0.0208. The SMILES string of the molecule is CC1(CNc2cc(Cl)c(F)cc2[N+](=O)[O-])CCCNC1. The third kappa shape index (κ3) is 3.37. The maximum Gasteiger partial charge on any atom is 0.295 e. The number of nitrogens with one attached hydrogen (secondary N) is 2. The van der Waals surface area contributed by atoms with Gasteiger partial charge in [0.1, 0.15) is 11.5 Å². The number of nitro groups is 1. The largest absolute Gasteiger partial charge is 0.379 e. The summed E-state index contributed by atoms with van der Waals surface area (Å²) >= 11 is 5.70. The molecule has 0 aliphatic carbocycles. The molecule has 1 aromatic carbocycles. The van der Waals surface area contributed by atoms with Crippen LogP contribution in [-0.2, 0) is 0 Å². The topological polar surface area (TPSA) is 67.2 Å². The summed E-state index contributed by atoms with van der Waals surface area (Å²) in [5, 5.41) is 17.2. The Balaban J connectivity index is 2.16. The molecule has 7 heteroatoms. The number of anilines is 1. The molecule has 1 aliphatic rings. The monoisotopic (exact) mass is 301 g/mol. The second kappa shape index (κ2) is 5.93. The van der Waals surface area contributed by atoms with Crippen LogP contribution in [0.2, 0.25) is 5.02 Å². The van der Waals surface area contributed by atoms with Crippen LogP contribution < -0.4 is 10.6 Å². The zero-order valence-corrected chi connectivity index (χ0v) is 12.0. The van der Waals surface area contributed by atoms with E-state index in [0.717, 1.165) is 32.0 Å². The molecule has 0 amide bonds. The van der Waals surface area contributed by atoms with E-state index in [0.29, 0.717) is 6.54 Å². The number of hydrogen-bond acceptors (Lipinski definition) is 4. The molecule has 1 atom stereocenters. The van der Waals surface area contributed by atoms with E-state index in [1.165, 1.54) is 6.07 Å². The summed E-state index contributed by atoms with van der Waals surface area (Å²) in [6.07, 6.45) is 2.11. The molecule has 1 heterocycles. The number of nitro benzene ring substituents is 1. The summed E-state index contributed by atoms with van der Waals surface area (Å²) in [5.74, 6) is -0.783. The molecule has 5 nitrogen and oxygen atoms in total. The molecular weight excluding hydrogens is 285 g/mol. The third-order valence-electron chi connectivity index (χ3n) is 3.63. The highest BCUT2D eigenvalue weighted by atomic mass is 35.5. The Labute approximate surface area is 121 Å². The summed E-state index contributed by atoms with van der Waals surface area (Å²) in [4.78, 5) is 10.4. The third-order valence-corrected chi connectivity index (χ3v) is 3.92. The van der Waals surface area contributed by atoms with E-state index in [2.05, 4.69) is 17.6 Å². The second-order valence-corrected chi connectivity index (χ2v) is 5.89. The van der Waals surface area contributed by atoms with E-state index in [4.69, 9.17) is 11.6 Å². The van der Waals surface area contributed by atoms with Gasteiger partial charge in [0.15, 0.2) is 0 Å². The van der Waals surface area contributed by atoms with Gasteiger partial charge in [-0.2, -0.15) is 0 Å². The molecule has 2 rings (SSSR count). The summed E-state index contributed by atoms with van der Waals surface area (Å²) in [6, 6.07) is 2.13. The van der Waals surface area contributed by atoms with E-state index >= 15 is 0 Å². The van der Waals surface area contributed by atoms with Gasteiger partial charge < -0.3 is 10.6 Å². The first-order chi connectivity index (χ1) is 9.41. The number of rotatable bonds is 4. The molecule has 1 aliphatic heterocycles. The van der Waals surface area contributed by atoms with Gasteiger partial charge in [0.05, 0.1) is 16.0 Å². The average Bonchev–Trinajstić information content (AvgIpc) is 2.40.